The standard InChI is InChI=1S/C7H14F3NS/c1-5(2)11(6(3)4)12-7(8,9)10/h5-6H,1-4H3. The normalized spacial score (nSPS) is 13.5. The van der Waals surface area contributed by atoms with Gasteiger partial charge >= 0.3 is 5.51 Å². The van der Waals surface area contributed by atoms with Gasteiger partial charge in [-0.15, -0.1) is 0 Å². The number of rotatable bonds is 3. The van der Waals surface area contributed by atoms with Crippen LogP contribution in [0.25, 0.3) is 0 Å². The summed E-state index contributed by atoms with van der Waals surface area (Å²) >= 11 is -0.0486. The smallest absolute Gasteiger partial charge is 0.238 e. The molecule has 0 aromatic carbocycles. The number of hydrogen-bond acceptors (Lipinski definition) is 2. The molecule has 1 nitrogen and oxygen atoms in total. The predicted octanol–water partition coefficient (Wildman–Crippen LogP) is 3.27. The van der Waals surface area contributed by atoms with Crippen LogP contribution in [0.3, 0.4) is 0 Å². The Morgan fingerprint density at radius 1 is 1.00 bits per heavy atom. The first-order chi connectivity index (χ1) is 5.24. The molecule has 0 heterocycles. The molecule has 12 heavy (non-hydrogen) atoms. The lowest BCUT2D eigenvalue weighted by molar-refractivity contribution is -0.0375. The SMILES string of the molecule is CC(C)N(SC(F)(F)F)C(C)C. The average molecular weight is 201 g/mol. The molecular formula is C7H14F3NS. The van der Waals surface area contributed by atoms with E-state index in [0.29, 0.717) is 0 Å². The molecule has 0 aliphatic rings. The van der Waals surface area contributed by atoms with Gasteiger partial charge in [0.1, 0.15) is 0 Å². The minimum atomic E-state index is -4.17. The van der Waals surface area contributed by atoms with E-state index in [1.807, 2.05) is 0 Å². The summed E-state index contributed by atoms with van der Waals surface area (Å²) in [6.45, 7) is 7.00. The van der Waals surface area contributed by atoms with Crippen LogP contribution in [-0.4, -0.2) is 21.9 Å². The fraction of sp³-hybridized carbons (Fsp3) is 1.00. The van der Waals surface area contributed by atoms with Crippen molar-refractivity contribution >= 4 is 11.9 Å². The molecule has 0 radical (unpaired) electrons. The molecule has 0 aromatic heterocycles. The lowest BCUT2D eigenvalue weighted by atomic mass is 10.3. The van der Waals surface area contributed by atoms with Crippen molar-refractivity contribution in [3.8, 4) is 0 Å². The molecule has 5 heteroatoms. The van der Waals surface area contributed by atoms with Crippen LogP contribution in [0.5, 0.6) is 0 Å². The molecule has 0 atom stereocenters. The second-order valence-corrected chi connectivity index (χ2v) is 4.15. The topological polar surface area (TPSA) is 3.24 Å². The molecule has 0 unspecified atom stereocenters. The first-order valence-electron chi connectivity index (χ1n) is 3.78. The summed E-state index contributed by atoms with van der Waals surface area (Å²) in [7, 11) is 0. The summed E-state index contributed by atoms with van der Waals surface area (Å²) in [5.74, 6) is 0. The zero-order valence-corrected chi connectivity index (χ0v) is 8.46. The third-order valence-electron chi connectivity index (χ3n) is 1.23. The molecule has 0 aromatic rings. The van der Waals surface area contributed by atoms with Crippen molar-refractivity contribution in [1.82, 2.24) is 4.31 Å². The fourth-order valence-corrected chi connectivity index (χ4v) is 1.59. The molecule has 0 saturated heterocycles. The first-order valence-corrected chi connectivity index (χ1v) is 4.55. The van der Waals surface area contributed by atoms with Gasteiger partial charge in [0.05, 0.1) is 0 Å². The van der Waals surface area contributed by atoms with Crippen LogP contribution in [0.1, 0.15) is 27.7 Å². The molecule has 0 amide bonds. The van der Waals surface area contributed by atoms with Gasteiger partial charge in [-0.25, -0.2) is 4.31 Å². The van der Waals surface area contributed by atoms with Gasteiger partial charge in [-0.05, 0) is 27.7 Å². The monoisotopic (exact) mass is 201 g/mol. The van der Waals surface area contributed by atoms with Crippen LogP contribution >= 0.6 is 11.9 Å². The summed E-state index contributed by atoms with van der Waals surface area (Å²) in [5.41, 5.74) is -4.17. The molecule has 0 aliphatic carbocycles. The Bertz CT molecular complexity index is 125. The molecule has 0 spiro atoms. The maximum absolute atomic E-state index is 11.9. The Morgan fingerprint density at radius 2 is 1.33 bits per heavy atom. The largest absolute Gasteiger partial charge is 0.456 e. The van der Waals surface area contributed by atoms with Crippen molar-refractivity contribution in [3.63, 3.8) is 0 Å². The minimum absolute atomic E-state index is 0.0486. The Morgan fingerprint density at radius 3 is 1.42 bits per heavy atom. The summed E-state index contributed by atoms with van der Waals surface area (Å²) < 4.78 is 37.2. The third kappa shape index (κ3) is 4.87. The van der Waals surface area contributed by atoms with Gasteiger partial charge in [-0.2, -0.15) is 13.2 Å². The summed E-state index contributed by atoms with van der Waals surface area (Å²) in [6, 6.07) is -0.201. The lowest BCUT2D eigenvalue weighted by Gasteiger charge is -2.29. The number of nitrogens with zero attached hydrogens (tertiary/aromatic N) is 1. The quantitative estimate of drug-likeness (QED) is 0.645. The minimum Gasteiger partial charge on any atom is -0.238 e. The number of halogens is 3. The zero-order chi connectivity index (χ0) is 9.94. The van der Waals surface area contributed by atoms with E-state index in [1.165, 1.54) is 4.31 Å². The van der Waals surface area contributed by atoms with E-state index in [1.54, 1.807) is 27.7 Å². The highest BCUT2D eigenvalue weighted by molar-refractivity contribution is 7.97. The highest BCUT2D eigenvalue weighted by Crippen LogP contribution is 2.35. The van der Waals surface area contributed by atoms with Crippen LogP contribution in [0.4, 0.5) is 13.2 Å². The molecule has 0 saturated carbocycles. The van der Waals surface area contributed by atoms with Crippen LogP contribution in [0.2, 0.25) is 0 Å². The molecular weight excluding hydrogens is 187 g/mol. The lowest BCUT2D eigenvalue weighted by Crippen LogP contribution is -2.33. The molecule has 74 valence electrons. The van der Waals surface area contributed by atoms with Gasteiger partial charge in [0, 0.05) is 24.0 Å². The highest BCUT2D eigenvalue weighted by atomic mass is 32.2. The van der Waals surface area contributed by atoms with E-state index in [2.05, 4.69) is 0 Å². The van der Waals surface area contributed by atoms with Gasteiger partial charge in [0.2, 0.25) is 0 Å². The van der Waals surface area contributed by atoms with Gasteiger partial charge in [0.25, 0.3) is 0 Å². The van der Waals surface area contributed by atoms with Crippen molar-refractivity contribution in [1.29, 1.82) is 0 Å². The van der Waals surface area contributed by atoms with E-state index in [-0.39, 0.29) is 24.0 Å². The maximum atomic E-state index is 11.9. The molecule has 0 fully saturated rings. The number of alkyl halides is 3. The van der Waals surface area contributed by atoms with Crippen molar-refractivity contribution in [2.24, 2.45) is 0 Å². The Balaban J connectivity index is 4.15. The van der Waals surface area contributed by atoms with Gasteiger partial charge in [0.15, 0.2) is 0 Å². The fourth-order valence-electron chi connectivity index (χ4n) is 0.927. The van der Waals surface area contributed by atoms with E-state index in [0.717, 1.165) is 0 Å². The predicted molar refractivity (Wildman–Crippen MR) is 45.8 cm³/mol. The van der Waals surface area contributed by atoms with Crippen molar-refractivity contribution < 1.29 is 13.2 Å². The summed E-state index contributed by atoms with van der Waals surface area (Å²) in [4.78, 5) is 0. The van der Waals surface area contributed by atoms with E-state index in [9.17, 15) is 13.2 Å². The van der Waals surface area contributed by atoms with Crippen LogP contribution in [0.15, 0.2) is 0 Å². The maximum Gasteiger partial charge on any atom is 0.456 e. The van der Waals surface area contributed by atoms with Gasteiger partial charge in [-0.1, -0.05) is 0 Å². The Labute approximate surface area is 75.4 Å². The van der Waals surface area contributed by atoms with Gasteiger partial charge < -0.3 is 0 Å². The Hall–Kier alpha value is 0.100. The molecule has 0 bridgehead atoms. The van der Waals surface area contributed by atoms with E-state index < -0.39 is 5.51 Å². The van der Waals surface area contributed by atoms with Gasteiger partial charge in [-0.3, -0.25) is 0 Å². The van der Waals surface area contributed by atoms with E-state index in [4.69, 9.17) is 0 Å². The third-order valence-corrected chi connectivity index (χ3v) is 2.49. The molecule has 0 aliphatic heterocycles. The molecule has 0 rings (SSSR count). The highest BCUT2D eigenvalue weighted by Gasteiger charge is 2.34. The first kappa shape index (κ1) is 12.1. The summed E-state index contributed by atoms with van der Waals surface area (Å²) in [6.07, 6.45) is 0. The second kappa shape index (κ2) is 4.37. The van der Waals surface area contributed by atoms with Crippen molar-refractivity contribution in [3.05, 3.63) is 0 Å². The molecule has 0 N–H and O–H groups in total. The number of hydrogen-bond donors (Lipinski definition) is 0. The zero-order valence-electron chi connectivity index (χ0n) is 7.64. The van der Waals surface area contributed by atoms with Crippen LogP contribution < -0.4 is 0 Å². The van der Waals surface area contributed by atoms with E-state index >= 15 is 0 Å². The second-order valence-electron chi connectivity index (χ2n) is 3.08. The Kier molecular flexibility index (Phi) is 4.40. The van der Waals surface area contributed by atoms with Crippen molar-refractivity contribution in [2.75, 3.05) is 0 Å². The summed E-state index contributed by atoms with van der Waals surface area (Å²) in [5, 5.41) is 0. The van der Waals surface area contributed by atoms with Crippen molar-refractivity contribution in [2.45, 2.75) is 45.3 Å². The van der Waals surface area contributed by atoms with Crippen LogP contribution in [-0.2, 0) is 0 Å². The van der Waals surface area contributed by atoms with Crippen LogP contribution in [0, 0.1) is 0 Å². The average Bonchev–Trinajstić information content (AvgIpc) is 1.79.